The highest BCUT2D eigenvalue weighted by Gasteiger charge is 2.24. The fourth-order valence-electron chi connectivity index (χ4n) is 4.30. The Balaban J connectivity index is 1.27. The Morgan fingerprint density at radius 3 is 2.72 bits per heavy atom. The monoisotopic (exact) mass is 388 g/mol. The number of hydrogen-bond acceptors (Lipinski definition) is 3. The van der Waals surface area contributed by atoms with E-state index < -0.39 is 6.10 Å². The molecule has 0 saturated carbocycles. The third kappa shape index (κ3) is 4.64. The lowest BCUT2D eigenvalue weighted by Gasteiger charge is -2.33. The number of nitrogens with zero attached hydrogens (tertiary/aromatic N) is 1. The van der Waals surface area contributed by atoms with Gasteiger partial charge in [-0.15, -0.1) is 12.3 Å². The standard InChI is InChI=1S/C25H28N2O2/c1-2-7-20-8-3-6-11-25(20)29-18-21(28)17-27-14-12-19(13-15-27)23-16-26-24-10-5-4-9-22(23)24/h1,3-6,8-11,16,19,21,26,28H,7,12-15,17-18H2. The SMILES string of the molecule is C#CCc1ccccc1OCC(O)CN1CCC(c2c[nH]c3ccccc23)CC1. The van der Waals surface area contributed by atoms with E-state index in [1.165, 1.54) is 16.5 Å². The van der Waals surface area contributed by atoms with Crippen molar-refractivity contribution in [3.05, 3.63) is 65.9 Å². The number of rotatable bonds is 7. The Kier molecular flexibility index (Phi) is 6.19. The zero-order chi connectivity index (χ0) is 20.1. The Morgan fingerprint density at radius 1 is 1.14 bits per heavy atom. The van der Waals surface area contributed by atoms with E-state index in [9.17, 15) is 5.11 Å². The number of H-pyrrole nitrogens is 1. The normalized spacial score (nSPS) is 16.6. The van der Waals surface area contributed by atoms with Crippen molar-refractivity contribution in [1.29, 1.82) is 0 Å². The van der Waals surface area contributed by atoms with E-state index in [0.29, 0.717) is 18.9 Å². The molecule has 0 spiro atoms. The number of piperidine rings is 1. The van der Waals surface area contributed by atoms with Crippen molar-refractivity contribution in [2.75, 3.05) is 26.2 Å². The van der Waals surface area contributed by atoms with Crippen molar-refractivity contribution >= 4 is 10.9 Å². The molecule has 4 heteroatoms. The summed E-state index contributed by atoms with van der Waals surface area (Å²) in [5.74, 6) is 3.99. The summed E-state index contributed by atoms with van der Waals surface area (Å²) in [6, 6.07) is 16.3. The lowest BCUT2D eigenvalue weighted by molar-refractivity contribution is 0.0592. The molecule has 0 aliphatic carbocycles. The minimum absolute atomic E-state index is 0.282. The molecule has 0 amide bonds. The van der Waals surface area contributed by atoms with Crippen LogP contribution >= 0.6 is 0 Å². The topological polar surface area (TPSA) is 48.5 Å². The largest absolute Gasteiger partial charge is 0.491 e. The maximum absolute atomic E-state index is 10.5. The number of terminal acetylenes is 1. The van der Waals surface area contributed by atoms with Crippen LogP contribution < -0.4 is 4.74 Å². The van der Waals surface area contributed by atoms with Crippen molar-refractivity contribution in [1.82, 2.24) is 9.88 Å². The molecule has 1 aromatic heterocycles. The average Bonchev–Trinajstić information content (AvgIpc) is 3.18. The summed E-state index contributed by atoms with van der Waals surface area (Å²) in [6.45, 7) is 2.91. The number of para-hydroxylation sites is 2. The zero-order valence-electron chi connectivity index (χ0n) is 16.7. The molecule has 0 bridgehead atoms. The van der Waals surface area contributed by atoms with Crippen LogP contribution in [0.5, 0.6) is 5.75 Å². The first-order valence-electron chi connectivity index (χ1n) is 10.3. The molecule has 29 heavy (non-hydrogen) atoms. The van der Waals surface area contributed by atoms with Gasteiger partial charge in [0.25, 0.3) is 0 Å². The fraction of sp³-hybridized carbons (Fsp3) is 0.360. The van der Waals surface area contributed by atoms with Crippen LogP contribution in [0, 0.1) is 12.3 Å². The number of fused-ring (bicyclic) bond motifs is 1. The summed E-state index contributed by atoms with van der Waals surface area (Å²) in [5, 5.41) is 11.8. The second-order valence-corrected chi connectivity index (χ2v) is 7.82. The van der Waals surface area contributed by atoms with Crippen LogP contribution in [0.3, 0.4) is 0 Å². The summed E-state index contributed by atoms with van der Waals surface area (Å²) < 4.78 is 5.84. The molecular weight excluding hydrogens is 360 g/mol. The third-order valence-electron chi connectivity index (χ3n) is 5.81. The van der Waals surface area contributed by atoms with Crippen LogP contribution in [0.1, 0.15) is 29.9 Å². The van der Waals surface area contributed by atoms with Crippen molar-refractivity contribution in [2.45, 2.75) is 31.3 Å². The Hall–Kier alpha value is -2.74. The highest BCUT2D eigenvalue weighted by atomic mass is 16.5. The molecule has 1 atom stereocenters. The van der Waals surface area contributed by atoms with E-state index in [4.69, 9.17) is 11.2 Å². The number of likely N-dealkylation sites (tertiary alicyclic amines) is 1. The fourth-order valence-corrected chi connectivity index (χ4v) is 4.30. The van der Waals surface area contributed by atoms with Gasteiger partial charge in [0.2, 0.25) is 0 Å². The van der Waals surface area contributed by atoms with Crippen LogP contribution in [0.2, 0.25) is 0 Å². The highest BCUT2D eigenvalue weighted by molar-refractivity contribution is 5.83. The zero-order valence-corrected chi connectivity index (χ0v) is 16.7. The molecule has 1 unspecified atom stereocenters. The van der Waals surface area contributed by atoms with Crippen molar-refractivity contribution in [2.24, 2.45) is 0 Å². The van der Waals surface area contributed by atoms with Gasteiger partial charge < -0.3 is 19.7 Å². The van der Waals surface area contributed by atoms with Gasteiger partial charge in [0.15, 0.2) is 0 Å². The van der Waals surface area contributed by atoms with Gasteiger partial charge in [0.1, 0.15) is 18.5 Å². The van der Waals surface area contributed by atoms with E-state index in [2.05, 4.69) is 46.3 Å². The first-order chi connectivity index (χ1) is 14.2. The third-order valence-corrected chi connectivity index (χ3v) is 5.81. The first kappa shape index (κ1) is 19.6. The predicted octanol–water partition coefficient (Wildman–Crippen LogP) is 3.96. The molecule has 3 aromatic rings. The van der Waals surface area contributed by atoms with E-state index in [1.54, 1.807) is 0 Å². The summed E-state index contributed by atoms with van der Waals surface area (Å²) >= 11 is 0. The molecular formula is C25H28N2O2. The van der Waals surface area contributed by atoms with Gasteiger partial charge in [0, 0.05) is 35.6 Å². The second kappa shape index (κ2) is 9.17. The quantitative estimate of drug-likeness (QED) is 0.602. The maximum atomic E-state index is 10.5. The smallest absolute Gasteiger partial charge is 0.123 e. The minimum atomic E-state index is -0.515. The number of nitrogens with one attached hydrogen (secondary N) is 1. The number of aromatic nitrogens is 1. The number of hydrogen-bond donors (Lipinski definition) is 2. The minimum Gasteiger partial charge on any atom is -0.491 e. The summed E-state index contributed by atoms with van der Waals surface area (Å²) in [4.78, 5) is 5.73. The summed E-state index contributed by atoms with van der Waals surface area (Å²) in [7, 11) is 0. The van der Waals surface area contributed by atoms with Crippen LogP contribution in [0.4, 0.5) is 0 Å². The number of aromatic amines is 1. The lowest BCUT2D eigenvalue weighted by Crippen LogP contribution is -2.40. The molecule has 150 valence electrons. The number of aliphatic hydroxyl groups excluding tert-OH is 1. The molecule has 2 aromatic carbocycles. The van der Waals surface area contributed by atoms with E-state index in [-0.39, 0.29) is 6.61 Å². The van der Waals surface area contributed by atoms with Crippen LogP contribution in [0.25, 0.3) is 10.9 Å². The molecule has 0 radical (unpaired) electrons. The first-order valence-corrected chi connectivity index (χ1v) is 10.3. The number of β-amino-alcohol motifs (C(OH)–C–C–N with tert-alkyl or cyclic N) is 1. The molecule has 2 N–H and O–H groups in total. The lowest BCUT2D eigenvalue weighted by atomic mass is 9.89. The van der Waals surface area contributed by atoms with Crippen molar-refractivity contribution in [3.63, 3.8) is 0 Å². The summed E-state index contributed by atoms with van der Waals surface area (Å²) in [6.07, 6.45) is 9.83. The highest BCUT2D eigenvalue weighted by Crippen LogP contribution is 2.33. The van der Waals surface area contributed by atoms with Gasteiger partial charge >= 0.3 is 0 Å². The van der Waals surface area contributed by atoms with E-state index in [1.807, 2.05) is 24.3 Å². The van der Waals surface area contributed by atoms with E-state index >= 15 is 0 Å². The molecule has 4 rings (SSSR count). The molecule has 1 fully saturated rings. The van der Waals surface area contributed by atoms with Crippen LogP contribution in [-0.4, -0.2) is 47.3 Å². The van der Waals surface area contributed by atoms with Crippen LogP contribution in [0.15, 0.2) is 54.7 Å². The number of ether oxygens (including phenoxy) is 1. The van der Waals surface area contributed by atoms with Crippen molar-refractivity contribution in [3.8, 4) is 18.1 Å². The molecule has 1 aliphatic rings. The molecule has 2 heterocycles. The second-order valence-electron chi connectivity index (χ2n) is 7.82. The van der Waals surface area contributed by atoms with Gasteiger partial charge in [-0.3, -0.25) is 0 Å². The number of aliphatic hydroxyl groups is 1. The Labute approximate surface area is 172 Å². The van der Waals surface area contributed by atoms with Crippen molar-refractivity contribution < 1.29 is 9.84 Å². The Bertz CT molecular complexity index is 980. The van der Waals surface area contributed by atoms with E-state index in [0.717, 1.165) is 37.2 Å². The molecule has 1 aliphatic heterocycles. The Morgan fingerprint density at radius 2 is 1.90 bits per heavy atom. The maximum Gasteiger partial charge on any atom is 0.123 e. The molecule has 1 saturated heterocycles. The molecule has 4 nitrogen and oxygen atoms in total. The van der Waals surface area contributed by atoms with Crippen LogP contribution in [-0.2, 0) is 6.42 Å². The number of benzene rings is 2. The van der Waals surface area contributed by atoms with Gasteiger partial charge in [-0.05, 0) is 49.5 Å². The van der Waals surface area contributed by atoms with Gasteiger partial charge in [-0.1, -0.05) is 36.4 Å². The predicted molar refractivity (Wildman–Crippen MR) is 117 cm³/mol. The van der Waals surface area contributed by atoms with Gasteiger partial charge in [0.05, 0.1) is 0 Å². The summed E-state index contributed by atoms with van der Waals surface area (Å²) in [5.41, 5.74) is 3.62. The average molecular weight is 389 g/mol. The van der Waals surface area contributed by atoms with Gasteiger partial charge in [-0.2, -0.15) is 0 Å². The van der Waals surface area contributed by atoms with Gasteiger partial charge in [-0.25, -0.2) is 0 Å².